The number of aliphatic imine (C=N–C) groups is 2. The Hall–Kier alpha value is -2.06. The number of hydrogen-bond acceptors (Lipinski definition) is 10. The number of carbonyl (C=O) groups is 1. The molecular formula is C16H26N8O4S. The maximum Gasteiger partial charge on any atom is 0.277 e. The van der Waals surface area contributed by atoms with Gasteiger partial charge in [-0.1, -0.05) is 0 Å². The number of piperidine rings is 1. The Morgan fingerprint density at radius 2 is 2.07 bits per heavy atom. The number of nitrogens with two attached hydrogens (primary N) is 1. The van der Waals surface area contributed by atoms with E-state index in [0.717, 1.165) is 13.0 Å². The summed E-state index contributed by atoms with van der Waals surface area (Å²) in [6.45, 7) is 2.26. The first kappa shape index (κ1) is 20.2. The minimum Gasteiger partial charge on any atom is -0.492 e. The number of sulfonamides is 1. The number of amidine groups is 1. The van der Waals surface area contributed by atoms with Crippen molar-refractivity contribution in [1.29, 1.82) is 0 Å². The molecule has 0 saturated carbocycles. The van der Waals surface area contributed by atoms with Crippen molar-refractivity contribution in [2.75, 3.05) is 32.4 Å². The fourth-order valence-electron chi connectivity index (χ4n) is 4.06. The van der Waals surface area contributed by atoms with Crippen LogP contribution in [0.5, 0.6) is 0 Å². The van der Waals surface area contributed by atoms with E-state index in [9.17, 15) is 18.3 Å². The van der Waals surface area contributed by atoms with E-state index in [1.165, 1.54) is 16.8 Å². The summed E-state index contributed by atoms with van der Waals surface area (Å²) in [4.78, 5) is 22.9. The van der Waals surface area contributed by atoms with E-state index in [1.807, 2.05) is 0 Å². The minimum atomic E-state index is -3.23. The van der Waals surface area contributed by atoms with Crippen molar-refractivity contribution in [3.63, 3.8) is 0 Å². The molecule has 2 unspecified atom stereocenters. The maximum absolute atomic E-state index is 12.7. The summed E-state index contributed by atoms with van der Waals surface area (Å²) in [6.07, 6.45) is 4.57. The molecule has 4 heterocycles. The summed E-state index contributed by atoms with van der Waals surface area (Å²) in [5.74, 6) is -2.03. The van der Waals surface area contributed by atoms with E-state index in [1.54, 1.807) is 4.90 Å². The maximum atomic E-state index is 12.7. The van der Waals surface area contributed by atoms with Gasteiger partial charge in [0.15, 0.2) is 11.5 Å². The molecule has 4 aliphatic heterocycles. The van der Waals surface area contributed by atoms with Gasteiger partial charge in [-0.25, -0.2) is 22.7 Å². The average Bonchev–Trinajstić information content (AvgIpc) is 3.16. The van der Waals surface area contributed by atoms with Crippen LogP contribution in [0.25, 0.3) is 0 Å². The van der Waals surface area contributed by atoms with Crippen LogP contribution in [0.4, 0.5) is 0 Å². The van der Waals surface area contributed by atoms with Gasteiger partial charge in [0.05, 0.1) is 12.5 Å². The summed E-state index contributed by atoms with van der Waals surface area (Å²) in [7, 11) is -3.23. The number of nitrogens with zero attached hydrogens (tertiary/aromatic N) is 4. The third kappa shape index (κ3) is 4.14. The summed E-state index contributed by atoms with van der Waals surface area (Å²) >= 11 is 0. The number of aliphatic hydroxyl groups is 1. The average molecular weight is 427 g/mol. The number of hydrogen-bond donors (Lipinski definition) is 5. The Bertz CT molecular complexity index is 887. The van der Waals surface area contributed by atoms with Crippen molar-refractivity contribution in [2.24, 2.45) is 15.7 Å². The molecule has 2 atom stereocenters. The third-order valence-electron chi connectivity index (χ3n) is 5.51. The largest absolute Gasteiger partial charge is 0.492 e. The highest BCUT2D eigenvalue weighted by molar-refractivity contribution is 7.88. The molecule has 1 amide bonds. The van der Waals surface area contributed by atoms with Crippen molar-refractivity contribution in [2.45, 2.75) is 37.3 Å². The van der Waals surface area contributed by atoms with Gasteiger partial charge >= 0.3 is 0 Å². The van der Waals surface area contributed by atoms with E-state index >= 15 is 0 Å². The van der Waals surface area contributed by atoms with Gasteiger partial charge < -0.3 is 20.6 Å². The number of amides is 1. The molecule has 2 fully saturated rings. The quantitative estimate of drug-likeness (QED) is 0.310. The summed E-state index contributed by atoms with van der Waals surface area (Å²) in [6, 6.07) is -0.0928. The Morgan fingerprint density at radius 3 is 2.69 bits per heavy atom. The SMILES string of the molecule is CS(=O)(=O)N1CCC(NC2(N)N=C3C(=NC(O)=CN3C3CCNC3)C(=O)N2)CC1. The van der Waals surface area contributed by atoms with Gasteiger partial charge in [0.25, 0.3) is 5.91 Å². The predicted octanol–water partition coefficient (Wildman–Crippen LogP) is -2.43. The minimum absolute atomic E-state index is 0.0201. The number of nitrogens with one attached hydrogen (secondary N) is 3. The van der Waals surface area contributed by atoms with Gasteiger partial charge in [0.1, 0.15) is 0 Å². The van der Waals surface area contributed by atoms with Gasteiger partial charge in [-0.3, -0.25) is 15.8 Å². The van der Waals surface area contributed by atoms with E-state index in [2.05, 4.69) is 25.9 Å². The van der Waals surface area contributed by atoms with E-state index in [4.69, 9.17) is 5.73 Å². The highest BCUT2D eigenvalue weighted by Crippen LogP contribution is 2.21. The first-order chi connectivity index (χ1) is 13.6. The van der Waals surface area contributed by atoms with Gasteiger partial charge in [0.2, 0.25) is 21.8 Å². The van der Waals surface area contributed by atoms with Crippen LogP contribution in [-0.2, 0) is 14.8 Å². The second kappa shape index (κ2) is 7.32. The Morgan fingerprint density at radius 1 is 1.34 bits per heavy atom. The Balaban J connectivity index is 1.54. The zero-order valence-corrected chi connectivity index (χ0v) is 16.9. The molecular weight excluding hydrogens is 400 g/mol. The lowest BCUT2D eigenvalue weighted by atomic mass is 10.1. The zero-order valence-electron chi connectivity index (χ0n) is 16.1. The van der Waals surface area contributed by atoms with E-state index < -0.39 is 21.8 Å². The lowest BCUT2D eigenvalue weighted by Crippen LogP contribution is -2.72. The van der Waals surface area contributed by atoms with E-state index in [0.29, 0.717) is 38.3 Å². The molecule has 12 nitrogen and oxygen atoms in total. The summed E-state index contributed by atoms with van der Waals surface area (Å²) < 4.78 is 24.8. The smallest absolute Gasteiger partial charge is 0.277 e. The molecule has 4 aliphatic rings. The molecule has 0 aromatic rings. The van der Waals surface area contributed by atoms with Gasteiger partial charge in [-0.15, -0.1) is 0 Å². The predicted molar refractivity (Wildman–Crippen MR) is 106 cm³/mol. The molecule has 0 spiro atoms. The van der Waals surface area contributed by atoms with Crippen molar-refractivity contribution in [1.82, 2.24) is 25.2 Å². The fraction of sp³-hybridized carbons (Fsp3) is 0.688. The van der Waals surface area contributed by atoms with Gasteiger partial charge in [0, 0.05) is 31.7 Å². The number of rotatable bonds is 4. The van der Waals surface area contributed by atoms with Crippen LogP contribution in [0.3, 0.4) is 0 Å². The number of aliphatic hydroxyl groups excluding tert-OH is 1. The molecule has 13 heteroatoms. The van der Waals surface area contributed by atoms with Crippen molar-refractivity contribution in [3.8, 4) is 0 Å². The first-order valence-electron chi connectivity index (χ1n) is 9.57. The van der Waals surface area contributed by atoms with Gasteiger partial charge in [-0.05, 0) is 25.8 Å². The Kier molecular flexibility index (Phi) is 5.11. The molecule has 160 valence electrons. The van der Waals surface area contributed by atoms with Gasteiger partial charge in [-0.2, -0.15) is 0 Å². The van der Waals surface area contributed by atoms with Crippen molar-refractivity contribution >= 4 is 27.5 Å². The van der Waals surface area contributed by atoms with Crippen LogP contribution in [0.2, 0.25) is 0 Å². The molecule has 0 aromatic carbocycles. The Labute approximate surface area is 169 Å². The lowest BCUT2D eigenvalue weighted by Gasteiger charge is -2.41. The zero-order chi connectivity index (χ0) is 20.8. The molecule has 2 saturated heterocycles. The molecule has 0 bridgehead atoms. The highest BCUT2D eigenvalue weighted by atomic mass is 32.2. The topological polar surface area (TPSA) is 165 Å². The van der Waals surface area contributed by atoms with Crippen LogP contribution >= 0.6 is 0 Å². The fourth-order valence-corrected chi connectivity index (χ4v) is 4.93. The third-order valence-corrected chi connectivity index (χ3v) is 6.82. The molecule has 0 aliphatic carbocycles. The van der Waals surface area contributed by atoms with Crippen LogP contribution < -0.4 is 21.7 Å². The standard InChI is InChI=1S/C16H26N8O4S/c1-29(27,28)23-6-3-10(4-7-23)20-16(17)21-14-13(15(26)22-16)19-12(25)9-24(14)11-2-5-18-8-11/h9-11,18,20,25H,2-8,17H2,1H3,(H,22,26). The van der Waals surface area contributed by atoms with Crippen molar-refractivity contribution < 1.29 is 18.3 Å². The number of carbonyl (C=O) groups excluding carboxylic acids is 1. The van der Waals surface area contributed by atoms with Crippen molar-refractivity contribution in [3.05, 3.63) is 12.1 Å². The second-order valence-electron chi connectivity index (χ2n) is 7.74. The van der Waals surface area contributed by atoms with Crippen LogP contribution in [0, 0.1) is 0 Å². The van der Waals surface area contributed by atoms with Crippen LogP contribution in [-0.4, -0.2) is 90.6 Å². The lowest BCUT2D eigenvalue weighted by molar-refractivity contribution is -0.117. The van der Waals surface area contributed by atoms with E-state index in [-0.39, 0.29) is 23.7 Å². The van der Waals surface area contributed by atoms with Crippen LogP contribution in [0.15, 0.2) is 22.1 Å². The highest BCUT2D eigenvalue weighted by Gasteiger charge is 2.43. The molecule has 0 radical (unpaired) electrons. The molecule has 6 N–H and O–H groups in total. The van der Waals surface area contributed by atoms with Crippen LogP contribution in [0.1, 0.15) is 19.3 Å². The monoisotopic (exact) mass is 426 g/mol. The second-order valence-corrected chi connectivity index (χ2v) is 9.72. The normalized spacial score (nSPS) is 31.7. The first-order valence-corrected chi connectivity index (χ1v) is 11.4. The molecule has 4 rings (SSSR count). The number of fused-ring (bicyclic) bond motifs is 1. The molecule has 0 aromatic heterocycles. The molecule has 29 heavy (non-hydrogen) atoms. The summed E-state index contributed by atoms with van der Waals surface area (Å²) in [5, 5.41) is 19.0. The summed E-state index contributed by atoms with van der Waals surface area (Å²) in [5.41, 5.74) is 6.38.